The molecule has 0 saturated carbocycles. The number of rotatable bonds is 4. The molecule has 2 N–H and O–H groups in total. The van der Waals surface area contributed by atoms with E-state index in [2.05, 4.69) is 0 Å². The third-order valence-electron chi connectivity index (χ3n) is 3.58. The Balaban J connectivity index is 2.18. The largest absolute Gasteiger partial charge is 0.369 e. The van der Waals surface area contributed by atoms with Crippen LogP contribution in [0.25, 0.3) is 0 Å². The summed E-state index contributed by atoms with van der Waals surface area (Å²) in [5.74, 6) is 0.481. The number of anilines is 1. The van der Waals surface area contributed by atoms with Gasteiger partial charge >= 0.3 is 0 Å². The summed E-state index contributed by atoms with van der Waals surface area (Å²) in [6.07, 6.45) is 1.46. The normalized spacial score (nSPS) is 21.5. The molecule has 0 radical (unpaired) electrons. The lowest BCUT2D eigenvalue weighted by Crippen LogP contribution is -2.32. The summed E-state index contributed by atoms with van der Waals surface area (Å²) in [6.45, 7) is 0.590. The molecule has 1 saturated heterocycles. The molecule has 0 aliphatic carbocycles. The van der Waals surface area contributed by atoms with Gasteiger partial charge < -0.3 is 10.6 Å². The number of hydrogen-bond donors (Lipinski definition) is 1. The zero-order valence-electron chi connectivity index (χ0n) is 11.0. The Morgan fingerprint density at radius 3 is 2.74 bits per heavy atom. The molecule has 1 aromatic rings. The van der Waals surface area contributed by atoms with Crippen LogP contribution in [0.2, 0.25) is 5.02 Å². The van der Waals surface area contributed by atoms with Crippen molar-refractivity contribution in [3.63, 3.8) is 0 Å². The fourth-order valence-corrected chi connectivity index (χ4v) is 4.55. The first-order chi connectivity index (χ1) is 8.93. The van der Waals surface area contributed by atoms with Gasteiger partial charge in [0.05, 0.1) is 22.2 Å². The molecular formula is C13H19ClN2O2S. The van der Waals surface area contributed by atoms with Gasteiger partial charge in [-0.05, 0) is 37.1 Å². The highest BCUT2D eigenvalue weighted by Gasteiger charge is 2.31. The lowest BCUT2D eigenvalue weighted by molar-refractivity contribution is 0.601. The molecule has 1 heterocycles. The van der Waals surface area contributed by atoms with Crippen LogP contribution in [0.15, 0.2) is 18.2 Å². The van der Waals surface area contributed by atoms with Crippen molar-refractivity contribution in [2.24, 2.45) is 5.73 Å². The zero-order chi connectivity index (χ0) is 14.0. The van der Waals surface area contributed by atoms with Crippen molar-refractivity contribution in [1.29, 1.82) is 0 Å². The van der Waals surface area contributed by atoms with Crippen molar-refractivity contribution in [2.75, 3.05) is 30.0 Å². The van der Waals surface area contributed by atoms with E-state index >= 15 is 0 Å². The number of sulfone groups is 1. The molecule has 1 atom stereocenters. The van der Waals surface area contributed by atoms with Crippen LogP contribution in [0.4, 0.5) is 5.69 Å². The van der Waals surface area contributed by atoms with Crippen LogP contribution in [0.5, 0.6) is 0 Å². The van der Waals surface area contributed by atoms with E-state index < -0.39 is 9.84 Å². The minimum Gasteiger partial charge on any atom is -0.369 e. The van der Waals surface area contributed by atoms with Crippen LogP contribution >= 0.6 is 11.6 Å². The van der Waals surface area contributed by atoms with E-state index in [1.807, 2.05) is 30.1 Å². The summed E-state index contributed by atoms with van der Waals surface area (Å²) in [5, 5.41) is 0.651. The monoisotopic (exact) mass is 302 g/mol. The average Bonchev–Trinajstić information content (AvgIpc) is 2.70. The molecule has 2 rings (SSSR count). The maximum atomic E-state index is 11.5. The second kappa shape index (κ2) is 5.69. The highest BCUT2D eigenvalue weighted by molar-refractivity contribution is 7.91. The molecule has 4 nitrogen and oxygen atoms in total. The number of benzene rings is 1. The van der Waals surface area contributed by atoms with Crippen molar-refractivity contribution >= 4 is 27.1 Å². The first-order valence-electron chi connectivity index (χ1n) is 6.35. The van der Waals surface area contributed by atoms with Gasteiger partial charge in [-0.15, -0.1) is 0 Å². The van der Waals surface area contributed by atoms with Crippen molar-refractivity contribution in [3.05, 3.63) is 28.8 Å². The van der Waals surface area contributed by atoms with Gasteiger partial charge in [0, 0.05) is 13.1 Å². The Hall–Kier alpha value is -0.780. The lowest BCUT2D eigenvalue weighted by atomic mass is 10.1. The van der Waals surface area contributed by atoms with E-state index in [1.54, 1.807) is 0 Å². The predicted molar refractivity (Wildman–Crippen MR) is 79.7 cm³/mol. The smallest absolute Gasteiger partial charge is 0.152 e. The summed E-state index contributed by atoms with van der Waals surface area (Å²) in [4.78, 5) is 1.97. The molecule has 1 aliphatic rings. The molecule has 1 aliphatic heterocycles. The highest BCUT2D eigenvalue weighted by atomic mass is 35.5. The summed E-state index contributed by atoms with van der Waals surface area (Å²) < 4.78 is 23.1. The first kappa shape index (κ1) is 14.6. The molecule has 1 unspecified atom stereocenters. The second-order valence-electron chi connectivity index (χ2n) is 4.99. The Labute approximate surface area is 119 Å². The van der Waals surface area contributed by atoms with Crippen LogP contribution in [0.1, 0.15) is 12.0 Å². The maximum Gasteiger partial charge on any atom is 0.152 e. The minimum atomic E-state index is -2.88. The third-order valence-corrected chi connectivity index (χ3v) is 5.63. The van der Waals surface area contributed by atoms with E-state index in [4.69, 9.17) is 17.3 Å². The molecule has 1 fully saturated rings. The third kappa shape index (κ3) is 3.41. The van der Waals surface area contributed by atoms with Crippen LogP contribution < -0.4 is 10.6 Å². The van der Waals surface area contributed by atoms with E-state index in [9.17, 15) is 8.42 Å². The minimum absolute atomic E-state index is 0.0165. The lowest BCUT2D eigenvalue weighted by Gasteiger charge is -2.26. The SMILES string of the molecule is CN(c1ccc(CCN)cc1Cl)C1CCS(=O)(=O)C1. The number of nitrogens with zero attached hydrogens (tertiary/aromatic N) is 1. The molecule has 1 aromatic carbocycles. The number of nitrogens with two attached hydrogens (primary N) is 1. The average molecular weight is 303 g/mol. The van der Waals surface area contributed by atoms with Crippen LogP contribution in [0.3, 0.4) is 0 Å². The first-order valence-corrected chi connectivity index (χ1v) is 8.54. The zero-order valence-corrected chi connectivity index (χ0v) is 12.5. The Morgan fingerprint density at radius 1 is 1.47 bits per heavy atom. The van der Waals surface area contributed by atoms with Crippen LogP contribution in [0, 0.1) is 0 Å². The molecule has 106 valence electrons. The topological polar surface area (TPSA) is 63.4 Å². The second-order valence-corrected chi connectivity index (χ2v) is 7.63. The predicted octanol–water partition coefficient (Wildman–Crippen LogP) is 1.46. The number of hydrogen-bond acceptors (Lipinski definition) is 4. The summed E-state index contributed by atoms with van der Waals surface area (Å²) in [6, 6.07) is 5.86. The summed E-state index contributed by atoms with van der Waals surface area (Å²) in [5.41, 5.74) is 7.50. The summed E-state index contributed by atoms with van der Waals surface area (Å²) >= 11 is 6.28. The Kier molecular flexibility index (Phi) is 4.38. The molecule has 0 spiro atoms. The molecule has 6 heteroatoms. The Bertz CT molecular complexity index is 560. The van der Waals surface area contributed by atoms with E-state index in [0.29, 0.717) is 18.0 Å². The molecule has 0 bridgehead atoms. The highest BCUT2D eigenvalue weighted by Crippen LogP contribution is 2.30. The van der Waals surface area contributed by atoms with Crippen molar-refractivity contribution < 1.29 is 8.42 Å². The van der Waals surface area contributed by atoms with E-state index in [0.717, 1.165) is 17.7 Å². The van der Waals surface area contributed by atoms with Gasteiger partial charge in [0.2, 0.25) is 0 Å². The van der Waals surface area contributed by atoms with Gasteiger partial charge in [-0.2, -0.15) is 0 Å². The van der Waals surface area contributed by atoms with E-state index in [1.165, 1.54) is 0 Å². The van der Waals surface area contributed by atoms with Crippen molar-refractivity contribution in [3.8, 4) is 0 Å². The van der Waals surface area contributed by atoms with Gasteiger partial charge in [-0.25, -0.2) is 8.42 Å². The van der Waals surface area contributed by atoms with Crippen LogP contribution in [-0.4, -0.2) is 39.6 Å². The quantitative estimate of drug-likeness (QED) is 0.915. The maximum absolute atomic E-state index is 11.5. The van der Waals surface area contributed by atoms with Gasteiger partial charge in [-0.3, -0.25) is 0 Å². The van der Waals surface area contributed by atoms with Gasteiger partial charge in [-0.1, -0.05) is 17.7 Å². The Morgan fingerprint density at radius 2 is 2.21 bits per heavy atom. The van der Waals surface area contributed by atoms with Gasteiger partial charge in [0.1, 0.15) is 0 Å². The van der Waals surface area contributed by atoms with E-state index in [-0.39, 0.29) is 17.5 Å². The van der Waals surface area contributed by atoms with Crippen molar-refractivity contribution in [2.45, 2.75) is 18.9 Å². The van der Waals surface area contributed by atoms with Crippen molar-refractivity contribution in [1.82, 2.24) is 0 Å². The van der Waals surface area contributed by atoms with Gasteiger partial charge in [0.25, 0.3) is 0 Å². The number of halogens is 1. The molecule has 0 aromatic heterocycles. The fraction of sp³-hybridized carbons (Fsp3) is 0.538. The molecule has 0 amide bonds. The molecule has 19 heavy (non-hydrogen) atoms. The standard InChI is InChI=1S/C13H19ClN2O2S/c1-16(11-5-7-19(17,18)9-11)13-3-2-10(4-6-15)8-12(13)14/h2-3,8,11H,4-7,9,15H2,1H3. The molecular weight excluding hydrogens is 284 g/mol. The van der Waals surface area contributed by atoms with Gasteiger partial charge in [0.15, 0.2) is 9.84 Å². The summed E-state index contributed by atoms with van der Waals surface area (Å²) in [7, 11) is -0.981. The van der Waals surface area contributed by atoms with Crippen LogP contribution in [-0.2, 0) is 16.3 Å². The fourth-order valence-electron chi connectivity index (χ4n) is 2.44.